The summed E-state index contributed by atoms with van der Waals surface area (Å²) >= 11 is 3.45. The van der Waals surface area contributed by atoms with E-state index in [1.54, 1.807) is 6.20 Å². The van der Waals surface area contributed by atoms with Gasteiger partial charge in [0.1, 0.15) is 5.82 Å². The number of halogens is 1. The first-order chi connectivity index (χ1) is 13.2. The summed E-state index contributed by atoms with van der Waals surface area (Å²) in [6.45, 7) is 0. The van der Waals surface area contributed by atoms with E-state index in [-0.39, 0.29) is 0 Å². The maximum atomic E-state index is 5.80. The van der Waals surface area contributed by atoms with Crippen LogP contribution in [-0.2, 0) is 0 Å². The zero-order valence-electron chi connectivity index (χ0n) is 14.4. The molecule has 3 aromatic carbocycles. The Hall–Kier alpha value is -3.11. The van der Waals surface area contributed by atoms with E-state index in [2.05, 4.69) is 98.3 Å². The normalized spacial score (nSPS) is 11.3. The topological polar surface area (TPSA) is 43.8 Å². The number of benzene rings is 3. The zero-order valence-corrected chi connectivity index (χ0v) is 16.0. The number of para-hydroxylation sites is 2. The monoisotopic (exact) mass is 413 g/mol. The molecule has 0 saturated carbocycles. The van der Waals surface area contributed by atoms with Crippen LogP contribution in [0.5, 0.6) is 0 Å². The summed E-state index contributed by atoms with van der Waals surface area (Å²) in [5, 5.41) is 2.53. The first-order valence-corrected chi connectivity index (χ1v) is 9.52. The Morgan fingerprint density at radius 3 is 1.93 bits per heavy atom. The number of rotatable bonds is 2. The minimum atomic E-state index is 0.501. The van der Waals surface area contributed by atoms with E-state index in [0.29, 0.717) is 5.82 Å². The Morgan fingerprint density at radius 1 is 0.741 bits per heavy atom. The summed E-state index contributed by atoms with van der Waals surface area (Å²) in [6.07, 6.45) is 1.80. The third-order valence-electron chi connectivity index (χ3n) is 4.91. The SMILES string of the molecule is Nc1ncc(-c2ccc(-n3c4ccccc4c4ccccc43)cc2)cc1Br. The van der Waals surface area contributed by atoms with Gasteiger partial charge in [-0.1, -0.05) is 48.5 Å². The van der Waals surface area contributed by atoms with Gasteiger partial charge in [-0.25, -0.2) is 4.98 Å². The Morgan fingerprint density at radius 2 is 1.33 bits per heavy atom. The van der Waals surface area contributed by atoms with Crippen molar-refractivity contribution in [3.05, 3.63) is 89.5 Å². The number of pyridine rings is 1. The van der Waals surface area contributed by atoms with Crippen molar-refractivity contribution in [2.45, 2.75) is 0 Å². The molecule has 0 amide bonds. The van der Waals surface area contributed by atoms with Gasteiger partial charge in [-0.3, -0.25) is 0 Å². The molecule has 0 aliphatic rings. The Kier molecular flexibility index (Phi) is 3.73. The number of hydrogen-bond acceptors (Lipinski definition) is 2. The molecule has 0 spiro atoms. The van der Waals surface area contributed by atoms with Crippen LogP contribution < -0.4 is 5.73 Å². The third kappa shape index (κ3) is 2.61. The predicted molar refractivity (Wildman–Crippen MR) is 116 cm³/mol. The molecule has 0 unspecified atom stereocenters. The van der Waals surface area contributed by atoms with Gasteiger partial charge in [-0.05, 0) is 51.8 Å². The maximum Gasteiger partial charge on any atom is 0.137 e. The summed E-state index contributed by atoms with van der Waals surface area (Å²) in [7, 11) is 0. The lowest BCUT2D eigenvalue weighted by molar-refractivity contribution is 1.18. The lowest BCUT2D eigenvalue weighted by Crippen LogP contribution is -1.94. The molecule has 3 nitrogen and oxygen atoms in total. The molecule has 0 saturated heterocycles. The fraction of sp³-hybridized carbons (Fsp3) is 0. The van der Waals surface area contributed by atoms with Crippen LogP contribution in [0.2, 0.25) is 0 Å². The van der Waals surface area contributed by atoms with Crippen LogP contribution in [0.1, 0.15) is 0 Å². The van der Waals surface area contributed by atoms with E-state index in [4.69, 9.17) is 5.73 Å². The molecular formula is C23H16BrN3. The van der Waals surface area contributed by atoms with Crippen LogP contribution in [0, 0.1) is 0 Å². The molecule has 5 aromatic rings. The summed E-state index contributed by atoms with van der Waals surface area (Å²) in [6, 6.07) is 27.6. The van der Waals surface area contributed by atoms with Gasteiger partial charge in [0.05, 0.1) is 15.5 Å². The standard InChI is InChI=1S/C23H16BrN3/c24-20-13-16(14-26-23(20)25)15-9-11-17(12-10-15)27-21-7-3-1-5-18(21)19-6-2-4-8-22(19)27/h1-14H,(H2,25,26). The maximum absolute atomic E-state index is 5.80. The van der Waals surface area contributed by atoms with E-state index < -0.39 is 0 Å². The van der Waals surface area contributed by atoms with Gasteiger partial charge in [0, 0.05) is 28.2 Å². The average Bonchev–Trinajstić information content (AvgIpc) is 3.05. The number of fused-ring (bicyclic) bond motifs is 3. The second-order valence-corrected chi connectivity index (χ2v) is 7.36. The largest absolute Gasteiger partial charge is 0.383 e. The molecular weight excluding hydrogens is 398 g/mol. The van der Waals surface area contributed by atoms with E-state index in [0.717, 1.165) is 21.3 Å². The van der Waals surface area contributed by atoms with Gasteiger partial charge in [0.15, 0.2) is 0 Å². The molecule has 0 bridgehead atoms. The van der Waals surface area contributed by atoms with E-state index in [1.807, 2.05) is 6.07 Å². The highest BCUT2D eigenvalue weighted by atomic mass is 79.9. The molecule has 4 heteroatoms. The van der Waals surface area contributed by atoms with Gasteiger partial charge in [-0.2, -0.15) is 0 Å². The van der Waals surface area contributed by atoms with Crippen LogP contribution in [0.3, 0.4) is 0 Å². The zero-order chi connectivity index (χ0) is 18.4. The van der Waals surface area contributed by atoms with Gasteiger partial charge in [0.2, 0.25) is 0 Å². The van der Waals surface area contributed by atoms with Crippen molar-refractivity contribution < 1.29 is 0 Å². The molecule has 2 heterocycles. The number of nitrogens with zero attached hydrogens (tertiary/aromatic N) is 2. The smallest absolute Gasteiger partial charge is 0.137 e. The molecule has 5 rings (SSSR count). The number of hydrogen-bond donors (Lipinski definition) is 1. The Balaban J connectivity index is 1.68. The molecule has 27 heavy (non-hydrogen) atoms. The molecule has 2 aromatic heterocycles. The minimum absolute atomic E-state index is 0.501. The van der Waals surface area contributed by atoms with E-state index in [1.165, 1.54) is 21.8 Å². The third-order valence-corrected chi connectivity index (χ3v) is 5.54. The average molecular weight is 414 g/mol. The Labute approximate surface area is 165 Å². The second kappa shape index (κ2) is 6.25. The van der Waals surface area contributed by atoms with Crippen LogP contribution in [-0.4, -0.2) is 9.55 Å². The van der Waals surface area contributed by atoms with E-state index >= 15 is 0 Å². The van der Waals surface area contributed by atoms with Crippen LogP contribution in [0.15, 0.2) is 89.5 Å². The first kappa shape index (κ1) is 16.1. The summed E-state index contributed by atoms with van der Waals surface area (Å²) < 4.78 is 3.12. The van der Waals surface area contributed by atoms with Gasteiger partial charge >= 0.3 is 0 Å². The van der Waals surface area contributed by atoms with Crippen molar-refractivity contribution in [2.24, 2.45) is 0 Å². The molecule has 0 radical (unpaired) electrons. The predicted octanol–water partition coefficient (Wildman–Crippen LogP) is 6.19. The summed E-state index contributed by atoms with van der Waals surface area (Å²) in [5.74, 6) is 0.501. The molecule has 130 valence electrons. The highest BCUT2D eigenvalue weighted by Gasteiger charge is 2.11. The summed E-state index contributed by atoms with van der Waals surface area (Å²) in [5.41, 5.74) is 11.5. The van der Waals surface area contributed by atoms with Crippen molar-refractivity contribution in [2.75, 3.05) is 5.73 Å². The van der Waals surface area contributed by atoms with Crippen molar-refractivity contribution in [1.82, 2.24) is 9.55 Å². The van der Waals surface area contributed by atoms with Gasteiger partial charge < -0.3 is 10.3 Å². The lowest BCUT2D eigenvalue weighted by Gasteiger charge is -2.09. The van der Waals surface area contributed by atoms with Crippen molar-refractivity contribution in [3.63, 3.8) is 0 Å². The fourth-order valence-electron chi connectivity index (χ4n) is 3.61. The van der Waals surface area contributed by atoms with Crippen LogP contribution >= 0.6 is 15.9 Å². The van der Waals surface area contributed by atoms with Gasteiger partial charge in [-0.15, -0.1) is 0 Å². The first-order valence-electron chi connectivity index (χ1n) is 8.72. The molecule has 0 atom stereocenters. The second-order valence-electron chi connectivity index (χ2n) is 6.51. The molecule has 2 N–H and O–H groups in total. The van der Waals surface area contributed by atoms with Crippen molar-refractivity contribution in [1.29, 1.82) is 0 Å². The molecule has 0 aliphatic heterocycles. The number of nitrogens with two attached hydrogens (primary N) is 1. The summed E-state index contributed by atoms with van der Waals surface area (Å²) in [4.78, 5) is 4.23. The highest BCUT2D eigenvalue weighted by Crippen LogP contribution is 2.32. The van der Waals surface area contributed by atoms with Crippen LogP contribution in [0.25, 0.3) is 38.6 Å². The number of aromatic nitrogens is 2. The fourth-order valence-corrected chi connectivity index (χ4v) is 3.96. The number of nitrogen functional groups attached to an aromatic ring is 1. The lowest BCUT2D eigenvalue weighted by atomic mass is 10.1. The highest BCUT2D eigenvalue weighted by molar-refractivity contribution is 9.10. The number of anilines is 1. The quantitative estimate of drug-likeness (QED) is 0.374. The van der Waals surface area contributed by atoms with Crippen molar-refractivity contribution >= 4 is 43.6 Å². The molecule has 0 aliphatic carbocycles. The van der Waals surface area contributed by atoms with E-state index in [9.17, 15) is 0 Å². The van der Waals surface area contributed by atoms with Gasteiger partial charge in [0.25, 0.3) is 0 Å². The van der Waals surface area contributed by atoms with Crippen LogP contribution in [0.4, 0.5) is 5.82 Å². The van der Waals surface area contributed by atoms with Crippen molar-refractivity contribution in [3.8, 4) is 16.8 Å². The minimum Gasteiger partial charge on any atom is -0.383 e. The Bertz CT molecular complexity index is 1230. The molecule has 0 fully saturated rings.